The molecule has 2 rings (SSSR count). The van der Waals surface area contributed by atoms with Crippen LogP contribution < -0.4 is 5.43 Å². The van der Waals surface area contributed by atoms with Crippen LogP contribution in [0.3, 0.4) is 0 Å². The summed E-state index contributed by atoms with van der Waals surface area (Å²) >= 11 is 0. The van der Waals surface area contributed by atoms with Gasteiger partial charge in [0.1, 0.15) is 11.4 Å². The Hall–Kier alpha value is -3.36. The third-order valence-electron chi connectivity index (χ3n) is 2.39. The van der Waals surface area contributed by atoms with Crippen molar-refractivity contribution < 1.29 is 14.8 Å². The number of nitro groups is 1. The van der Waals surface area contributed by atoms with Gasteiger partial charge in [0.25, 0.3) is 11.6 Å². The number of nitro benzene ring substituents is 1. The summed E-state index contributed by atoms with van der Waals surface area (Å²) in [5.41, 5.74) is 2.14. The fraction of sp³-hybridized carbons (Fsp3) is 0. The van der Waals surface area contributed by atoms with Crippen LogP contribution in [-0.4, -0.2) is 32.1 Å². The number of amides is 1. The van der Waals surface area contributed by atoms with E-state index in [0.29, 0.717) is 0 Å². The number of benzene rings is 1. The number of aromatic nitrogens is 2. The second kappa shape index (κ2) is 6.19. The molecule has 9 nitrogen and oxygen atoms in total. The highest BCUT2D eigenvalue weighted by atomic mass is 16.6. The molecule has 0 fully saturated rings. The van der Waals surface area contributed by atoms with E-state index in [4.69, 9.17) is 0 Å². The monoisotopic (exact) mass is 287 g/mol. The van der Waals surface area contributed by atoms with Gasteiger partial charge in [-0.2, -0.15) is 5.10 Å². The van der Waals surface area contributed by atoms with Gasteiger partial charge in [-0.3, -0.25) is 19.9 Å². The maximum absolute atomic E-state index is 11.6. The maximum atomic E-state index is 11.6. The zero-order valence-corrected chi connectivity index (χ0v) is 10.5. The average Bonchev–Trinajstić information content (AvgIpc) is 2.49. The summed E-state index contributed by atoms with van der Waals surface area (Å²) in [5, 5.41) is 23.8. The predicted molar refractivity (Wildman–Crippen MR) is 71.9 cm³/mol. The lowest BCUT2D eigenvalue weighted by atomic mass is 10.2. The summed E-state index contributed by atoms with van der Waals surface area (Å²) in [6.07, 6.45) is 5.12. The quantitative estimate of drug-likeness (QED) is 0.487. The van der Waals surface area contributed by atoms with Gasteiger partial charge in [-0.15, -0.1) is 0 Å². The molecule has 0 bridgehead atoms. The summed E-state index contributed by atoms with van der Waals surface area (Å²) in [7, 11) is 0. The van der Waals surface area contributed by atoms with Gasteiger partial charge in [0.2, 0.25) is 0 Å². The SMILES string of the molecule is O=C(N/N=C\c1cc([N+](=O)[O-])ccc1O)c1cnccn1. The minimum absolute atomic E-state index is 0.0675. The van der Waals surface area contributed by atoms with E-state index in [-0.39, 0.29) is 22.7 Å². The van der Waals surface area contributed by atoms with Gasteiger partial charge in [0.15, 0.2) is 0 Å². The van der Waals surface area contributed by atoms with E-state index in [1.807, 2.05) is 0 Å². The van der Waals surface area contributed by atoms with Crippen LogP contribution in [0.2, 0.25) is 0 Å². The molecule has 0 spiro atoms. The summed E-state index contributed by atoms with van der Waals surface area (Å²) in [6.45, 7) is 0. The Labute approximate surface area is 118 Å². The normalized spacial score (nSPS) is 10.5. The van der Waals surface area contributed by atoms with E-state index in [1.54, 1.807) is 0 Å². The molecule has 0 atom stereocenters. The highest BCUT2D eigenvalue weighted by Crippen LogP contribution is 2.21. The number of hydrogen-bond donors (Lipinski definition) is 2. The molecular formula is C12H9N5O4. The molecule has 1 aromatic carbocycles. The first kappa shape index (κ1) is 14.1. The van der Waals surface area contributed by atoms with Crippen molar-refractivity contribution >= 4 is 17.8 Å². The third kappa shape index (κ3) is 3.56. The van der Waals surface area contributed by atoms with Gasteiger partial charge < -0.3 is 5.11 Å². The van der Waals surface area contributed by atoms with E-state index >= 15 is 0 Å². The molecule has 0 saturated carbocycles. The first-order chi connectivity index (χ1) is 10.1. The van der Waals surface area contributed by atoms with Crippen LogP contribution in [0.1, 0.15) is 16.1 Å². The van der Waals surface area contributed by atoms with E-state index in [0.717, 1.165) is 18.3 Å². The van der Waals surface area contributed by atoms with Crippen molar-refractivity contribution in [3.63, 3.8) is 0 Å². The molecule has 1 amide bonds. The molecular weight excluding hydrogens is 278 g/mol. The Morgan fingerprint density at radius 2 is 2.24 bits per heavy atom. The number of carbonyl (C=O) groups excluding carboxylic acids is 1. The average molecular weight is 287 g/mol. The Morgan fingerprint density at radius 3 is 2.90 bits per heavy atom. The molecule has 9 heteroatoms. The van der Waals surface area contributed by atoms with Crippen molar-refractivity contribution in [1.29, 1.82) is 0 Å². The summed E-state index contributed by atoms with van der Waals surface area (Å²) in [5.74, 6) is -0.789. The van der Waals surface area contributed by atoms with Crippen LogP contribution in [0.5, 0.6) is 5.75 Å². The van der Waals surface area contributed by atoms with E-state index < -0.39 is 10.8 Å². The summed E-state index contributed by atoms with van der Waals surface area (Å²) in [6, 6.07) is 3.46. The molecule has 0 saturated heterocycles. The third-order valence-corrected chi connectivity index (χ3v) is 2.39. The summed E-state index contributed by atoms with van der Waals surface area (Å²) in [4.78, 5) is 29.1. The standard InChI is InChI=1S/C12H9N5O4/c18-11-2-1-9(17(20)21)5-8(11)6-15-16-12(19)10-7-13-3-4-14-10/h1-7,18H,(H,16,19)/b15-6-. The summed E-state index contributed by atoms with van der Waals surface area (Å²) < 4.78 is 0. The number of nitrogens with one attached hydrogen (secondary N) is 1. The molecule has 2 N–H and O–H groups in total. The van der Waals surface area contributed by atoms with Gasteiger partial charge in [0, 0.05) is 30.1 Å². The van der Waals surface area contributed by atoms with Crippen LogP contribution in [0.4, 0.5) is 5.69 Å². The maximum Gasteiger partial charge on any atom is 0.291 e. The van der Waals surface area contributed by atoms with E-state index in [1.165, 1.54) is 24.7 Å². The topological polar surface area (TPSA) is 131 Å². The highest BCUT2D eigenvalue weighted by molar-refractivity contribution is 5.93. The second-order valence-corrected chi connectivity index (χ2v) is 3.79. The number of non-ortho nitro benzene ring substituents is 1. The second-order valence-electron chi connectivity index (χ2n) is 3.79. The number of nitrogens with zero attached hydrogens (tertiary/aromatic N) is 4. The fourth-order valence-electron chi connectivity index (χ4n) is 1.39. The van der Waals surface area contributed by atoms with Crippen LogP contribution in [0, 0.1) is 10.1 Å². The van der Waals surface area contributed by atoms with Gasteiger partial charge in [0.05, 0.1) is 17.3 Å². The van der Waals surface area contributed by atoms with E-state index in [9.17, 15) is 20.0 Å². The number of hydrogen-bond acceptors (Lipinski definition) is 7. The smallest absolute Gasteiger partial charge is 0.291 e. The Morgan fingerprint density at radius 1 is 1.43 bits per heavy atom. The Kier molecular flexibility index (Phi) is 4.14. The van der Waals surface area contributed by atoms with Gasteiger partial charge in [-0.05, 0) is 6.07 Å². The Bertz CT molecular complexity index is 702. The lowest BCUT2D eigenvalue weighted by molar-refractivity contribution is -0.384. The van der Waals surface area contributed by atoms with Crippen LogP contribution in [0.25, 0.3) is 0 Å². The lowest BCUT2D eigenvalue weighted by Gasteiger charge is -1.99. The largest absolute Gasteiger partial charge is 0.507 e. The van der Waals surface area contributed by atoms with Crippen molar-refractivity contribution in [2.45, 2.75) is 0 Å². The van der Waals surface area contributed by atoms with Crippen molar-refractivity contribution in [2.75, 3.05) is 0 Å². The van der Waals surface area contributed by atoms with E-state index in [2.05, 4.69) is 20.5 Å². The van der Waals surface area contributed by atoms with Crippen molar-refractivity contribution in [1.82, 2.24) is 15.4 Å². The first-order valence-corrected chi connectivity index (χ1v) is 5.65. The van der Waals surface area contributed by atoms with Gasteiger partial charge in [-0.1, -0.05) is 0 Å². The van der Waals surface area contributed by atoms with Gasteiger partial charge in [-0.25, -0.2) is 10.4 Å². The van der Waals surface area contributed by atoms with Crippen LogP contribution in [0.15, 0.2) is 41.9 Å². The molecule has 21 heavy (non-hydrogen) atoms. The molecule has 0 unspecified atom stereocenters. The number of hydrazone groups is 1. The fourth-order valence-corrected chi connectivity index (χ4v) is 1.39. The van der Waals surface area contributed by atoms with Crippen molar-refractivity contribution in [3.8, 4) is 5.75 Å². The number of phenols is 1. The van der Waals surface area contributed by atoms with Crippen LogP contribution >= 0.6 is 0 Å². The Balaban J connectivity index is 2.10. The van der Waals surface area contributed by atoms with Crippen molar-refractivity contribution in [3.05, 3.63) is 58.2 Å². The molecule has 1 aromatic heterocycles. The molecule has 0 radical (unpaired) electrons. The molecule has 0 aliphatic carbocycles. The first-order valence-electron chi connectivity index (χ1n) is 5.65. The zero-order chi connectivity index (χ0) is 15.2. The zero-order valence-electron chi connectivity index (χ0n) is 10.5. The molecule has 0 aliphatic rings. The number of phenolic OH excluding ortho intramolecular Hbond substituents is 1. The number of aromatic hydroxyl groups is 1. The number of rotatable bonds is 4. The van der Waals surface area contributed by atoms with Crippen molar-refractivity contribution in [2.24, 2.45) is 5.10 Å². The predicted octanol–water partition coefficient (Wildman–Crippen LogP) is 0.854. The minimum atomic E-state index is -0.602. The molecule has 1 heterocycles. The minimum Gasteiger partial charge on any atom is -0.507 e. The lowest BCUT2D eigenvalue weighted by Crippen LogP contribution is -2.19. The molecule has 106 valence electrons. The number of carbonyl (C=O) groups is 1. The molecule has 0 aliphatic heterocycles. The van der Waals surface area contributed by atoms with Crippen LogP contribution in [-0.2, 0) is 0 Å². The highest BCUT2D eigenvalue weighted by Gasteiger charge is 2.09. The molecule has 2 aromatic rings. The van der Waals surface area contributed by atoms with Gasteiger partial charge >= 0.3 is 0 Å².